The second-order valence-corrected chi connectivity index (χ2v) is 3.38. The molecule has 13 heavy (non-hydrogen) atoms. The van der Waals surface area contributed by atoms with E-state index in [0.717, 1.165) is 23.3 Å². The zero-order valence-electron chi connectivity index (χ0n) is 7.83. The fraction of sp³-hybridized carbons (Fsp3) is 0.364. The number of carbonyl (C=O) groups excluding carboxylic acids is 1. The van der Waals surface area contributed by atoms with E-state index < -0.39 is 0 Å². The number of aryl methyl sites for hydroxylation is 1. The summed E-state index contributed by atoms with van der Waals surface area (Å²) in [6.07, 6.45) is 0.490. The van der Waals surface area contributed by atoms with Crippen LogP contribution in [-0.4, -0.2) is 11.9 Å². The van der Waals surface area contributed by atoms with Gasteiger partial charge in [-0.3, -0.25) is 4.79 Å². The molecular formula is C11H12O2. The second kappa shape index (κ2) is 2.87. The summed E-state index contributed by atoms with van der Waals surface area (Å²) in [7, 11) is 0. The van der Waals surface area contributed by atoms with Crippen molar-refractivity contribution in [1.29, 1.82) is 0 Å². The van der Waals surface area contributed by atoms with E-state index in [4.69, 9.17) is 4.74 Å². The summed E-state index contributed by atoms with van der Waals surface area (Å²) in [5.74, 6) is 0.870. The van der Waals surface area contributed by atoms with Crippen molar-refractivity contribution in [3.8, 4) is 5.75 Å². The van der Waals surface area contributed by atoms with Crippen molar-refractivity contribution < 1.29 is 9.53 Å². The molecule has 0 saturated carbocycles. The van der Waals surface area contributed by atoms with Crippen LogP contribution in [-0.2, 0) is 0 Å². The third kappa shape index (κ3) is 1.22. The van der Waals surface area contributed by atoms with Crippen molar-refractivity contribution in [2.24, 2.45) is 0 Å². The molecule has 1 heterocycles. The molecule has 0 aromatic heterocycles. The first-order valence-corrected chi connectivity index (χ1v) is 4.54. The van der Waals surface area contributed by atoms with Gasteiger partial charge in [0.1, 0.15) is 5.75 Å². The Bertz CT molecular complexity index is 355. The SMILES string of the molecule is CCC1Oc2cc(C)ccc2C1=O. The Morgan fingerprint density at radius 2 is 2.23 bits per heavy atom. The number of fused-ring (bicyclic) bond motifs is 1. The van der Waals surface area contributed by atoms with E-state index in [1.54, 1.807) is 0 Å². The largest absolute Gasteiger partial charge is 0.482 e. The minimum absolute atomic E-state index is 0.123. The molecule has 0 saturated heterocycles. The average molecular weight is 176 g/mol. The highest BCUT2D eigenvalue weighted by atomic mass is 16.5. The molecular weight excluding hydrogens is 164 g/mol. The van der Waals surface area contributed by atoms with Crippen LogP contribution in [0, 0.1) is 6.92 Å². The molecule has 1 aromatic carbocycles. The third-order valence-corrected chi connectivity index (χ3v) is 2.34. The van der Waals surface area contributed by atoms with Crippen LogP contribution in [0.5, 0.6) is 5.75 Å². The Kier molecular flexibility index (Phi) is 1.83. The van der Waals surface area contributed by atoms with Gasteiger partial charge in [-0.25, -0.2) is 0 Å². The summed E-state index contributed by atoms with van der Waals surface area (Å²) >= 11 is 0. The lowest BCUT2D eigenvalue weighted by Gasteiger charge is -2.04. The summed E-state index contributed by atoms with van der Waals surface area (Å²) < 4.78 is 5.50. The molecule has 0 fully saturated rings. The van der Waals surface area contributed by atoms with Crippen molar-refractivity contribution in [2.45, 2.75) is 26.4 Å². The molecule has 0 bridgehead atoms. The monoisotopic (exact) mass is 176 g/mol. The van der Waals surface area contributed by atoms with Crippen molar-refractivity contribution in [1.82, 2.24) is 0 Å². The second-order valence-electron chi connectivity index (χ2n) is 3.38. The zero-order valence-corrected chi connectivity index (χ0v) is 7.83. The average Bonchev–Trinajstić information content (AvgIpc) is 2.42. The maximum Gasteiger partial charge on any atom is 0.206 e. The molecule has 1 aliphatic heterocycles. The van der Waals surface area contributed by atoms with Gasteiger partial charge in [0, 0.05) is 0 Å². The van der Waals surface area contributed by atoms with Crippen LogP contribution < -0.4 is 4.74 Å². The highest BCUT2D eigenvalue weighted by molar-refractivity contribution is 6.04. The zero-order chi connectivity index (χ0) is 9.42. The predicted octanol–water partition coefficient (Wildman–Crippen LogP) is 2.35. The van der Waals surface area contributed by atoms with Crippen LogP contribution in [0.15, 0.2) is 18.2 Å². The topological polar surface area (TPSA) is 26.3 Å². The molecule has 0 radical (unpaired) electrons. The highest BCUT2D eigenvalue weighted by Crippen LogP contribution is 2.30. The van der Waals surface area contributed by atoms with Crippen LogP contribution >= 0.6 is 0 Å². The molecule has 0 amide bonds. The molecule has 2 nitrogen and oxygen atoms in total. The summed E-state index contributed by atoms with van der Waals surface area (Å²) in [5.41, 5.74) is 1.86. The molecule has 1 atom stereocenters. The third-order valence-electron chi connectivity index (χ3n) is 2.34. The molecule has 0 spiro atoms. The molecule has 0 N–H and O–H groups in total. The van der Waals surface area contributed by atoms with E-state index in [2.05, 4.69) is 0 Å². The summed E-state index contributed by atoms with van der Waals surface area (Å²) in [4.78, 5) is 11.6. The van der Waals surface area contributed by atoms with Gasteiger partial charge in [-0.2, -0.15) is 0 Å². The first kappa shape index (κ1) is 8.30. The van der Waals surface area contributed by atoms with E-state index in [1.165, 1.54) is 0 Å². The van der Waals surface area contributed by atoms with Gasteiger partial charge in [0.2, 0.25) is 5.78 Å². The van der Waals surface area contributed by atoms with Crippen molar-refractivity contribution in [3.63, 3.8) is 0 Å². The molecule has 2 rings (SSSR count). The molecule has 0 aliphatic carbocycles. The van der Waals surface area contributed by atoms with Crippen LogP contribution in [0.4, 0.5) is 0 Å². The van der Waals surface area contributed by atoms with Crippen LogP contribution in [0.25, 0.3) is 0 Å². The summed E-state index contributed by atoms with van der Waals surface area (Å²) in [6, 6.07) is 5.71. The minimum Gasteiger partial charge on any atom is -0.482 e. The number of ketones is 1. The van der Waals surface area contributed by atoms with E-state index >= 15 is 0 Å². The number of hydrogen-bond acceptors (Lipinski definition) is 2. The molecule has 68 valence electrons. The Balaban J connectivity index is 2.44. The number of rotatable bonds is 1. The summed E-state index contributed by atoms with van der Waals surface area (Å²) in [5, 5.41) is 0. The smallest absolute Gasteiger partial charge is 0.206 e. The first-order chi connectivity index (χ1) is 6.22. The lowest BCUT2D eigenvalue weighted by molar-refractivity contribution is 0.0853. The van der Waals surface area contributed by atoms with Gasteiger partial charge in [-0.15, -0.1) is 0 Å². The normalized spacial score (nSPS) is 19.8. The van der Waals surface area contributed by atoms with Gasteiger partial charge in [0.25, 0.3) is 0 Å². The Labute approximate surface area is 77.5 Å². The highest BCUT2D eigenvalue weighted by Gasteiger charge is 2.30. The van der Waals surface area contributed by atoms with Gasteiger partial charge in [0.15, 0.2) is 6.10 Å². The molecule has 1 aromatic rings. The Morgan fingerprint density at radius 1 is 1.46 bits per heavy atom. The van der Waals surface area contributed by atoms with Crippen LogP contribution in [0.2, 0.25) is 0 Å². The first-order valence-electron chi connectivity index (χ1n) is 4.54. The molecule has 1 aliphatic rings. The van der Waals surface area contributed by atoms with Gasteiger partial charge in [0.05, 0.1) is 5.56 Å². The van der Waals surface area contributed by atoms with Gasteiger partial charge in [-0.05, 0) is 31.0 Å². The van der Waals surface area contributed by atoms with Crippen molar-refractivity contribution in [3.05, 3.63) is 29.3 Å². The van der Waals surface area contributed by atoms with Gasteiger partial charge in [-0.1, -0.05) is 13.0 Å². The van der Waals surface area contributed by atoms with Crippen molar-refractivity contribution in [2.75, 3.05) is 0 Å². The van der Waals surface area contributed by atoms with Crippen LogP contribution in [0.1, 0.15) is 29.3 Å². The lowest BCUT2D eigenvalue weighted by atomic mass is 10.1. The van der Waals surface area contributed by atoms with Gasteiger partial charge >= 0.3 is 0 Å². The maximum absolute atomic E-state index is 11.6. The molecule has 2 heteroatoms. The fourth-order valence-electron chi connectivity index (χ4n) is 1.58. The van der Waals surface area contributed by atoms with E-state index in [0.29, 0.717) is 0 Å². The maximum atomic E-state index is 11.6. The van der Waals surface area contributed by atoms with E-state index in [1.807, 2.05) is 32.0 Å². The van der Waals surface area contributed by atoms with Crippen molar-refractivity contribution >= 4 is 5.78 Å². The predicted molar refractivity (Wildman–Crippen MR) is 50.2 cm³/mol. The number of Topliss-reactive ketones (excluding diaryl/α,β-unsaturated/α-hetero) is 1. The van der Waals surface area contributed by atoms with Crippen LogP contribution in [0.3, 0.4) is 0 Å². The van der Waals surface area contributed by atoms with Gasteiger partial charge < -0.3 is 4.74 Å². The Morgan fingerprint density at radius 3 is 2.92 bits per heavy atom. The number of benzene rings is 1. The summed E-state index contributed by atoms with van der Waals surface area (Å²) in [6.45, 7) is 3.95. The lowest BCUT2D eigenvalue weighted by Crippen LogP contribution is -2.18. The number of ether oxygens (including phenoxy) is 1. The van der Waals surface area contributed by atoms with E-state index in [9.17, 15) is 4.79 Å². The quantitative estimate of drug-likeness (QED) is 0.656. The standard InChI is InChI=1S/C11H12O2/c1-3-9-11(12)8-5-4-7(2)6-10(8)13-9/h4-6,9H,3H2,1-2H3. The number of hydrogen-bond donors (Lipinski definition) is 0. The fourth-order valence-corrected chi connectivity index (χ4v) is 1.58. The minimum atomic E-state index is -0.253. The Hall–Kier alpha value is -1.31. The van der Waals surface area contributed by atoms with E-state index in [-0.39, 0.29) is 11.9 Å². The molecule has 1 unspecified atom stereocenters. The number of carbonyl (C=O) groups is 1.